The molecule has 3 nitrogen and oxygen atoms in total. The van der Waals surface area contributed by atoms with Gasteiger partial charge in [-0.1, -0.05) is 39.0 Å². The summed E-state index contributed by atoms with van der Waals surface area (Å²) in [4.78, 5) is 8.17. The van der Waals surface area contributed by atoms with Crippen molar-refractivity contribution >= 4 is 22.6 Å². The minimum atomic E-state index is 0.494. The summed E-state index contributed by atoms with van der Waals surface area (Å²) in [5.74, 6) is 0. The summed E-state index contributed by atoms with van der Waals surface area (Å²) in [6.07, 6.45) is 11.2. The van der Waals surface area contributed by atoms with Gasteiger partial charge >= 0.3 is 6.01 Å². The molecule has 0 unspecified atom stereocenters. The van der Waals surface area contributed by atoms with Crippen molar-refractivity contribution in [3.63, 3.8) is 0 Å². The molecule has 0 aliphatic carbocycles. The highest BCUT2D eigenvalue weighted by molar-refractivity contribution is 14.1. The van der Waals surface area contributed by atoms with Crippen molar-refractivity contribution in [1.29, 1.82) is 0 Å². The summed E-state index contributed by atoms with van der Waals surface area (Å²) in [6.45, 7) is 2.96. The van der Waals surface area contributed by atoms with Crippen LogP contribution in [0.5, 0.6) is 6.01 Å². The topological polar surface area (TPSA) is 35.0 Å². The zero-order chi connectivity index (χ0) is 11.6. The van der Waals surface area contributed by atoms with E-state index in [1.54, 1.807) is 12.4 Å². The maximum atomic E-state index is 5.44. The molecule has 0 spiro atoms. The van der Waals surface area contributed by atoms with Gasteiger partial charge in [0.1, 0.15) is 0 Å². The fourth-order valence-corrected chi connectivity index (χ4v) is 1.70. The zero-order valence-corrected chi connectivity index (χ0v) is 11.9. The van der Waals surface area contributed by atoms with Crippen molar-refractivity contribution in [3.8, 4) is 6.01 Å². The van der Waals surface area contributed by atoms with Crippen LogP contribution in [0.1, 0.15) is 45.4 Å². The number of aromatic nitrogens is 2. The molecule has 1 rings (SSSR count). The van der Waals surface area contributed by atoms with Crippen molar-refractivity contribution in [2.45, 2.75) is 45.4 Å². The standard InChI is InChI=1S/C12H19IN2O/c1-2-3-4-5-6-7-8-16-12-14-9-11(13)10-15-12/h9-10H,2-8H2,1H3. The van der Waals surface area contributed by atoms with E-state index in [1.807, 2.05) is 0 Å². The highest BCUT2D eigenvalue weighted by atomic mass is 127. The molecule has 0 amide bonds. The SMILES string of the molecule is CCCCCCCCOc1ncc(I)cn1. The molecule has 1 heterocycles. The van der Waals surface area contributed by atoms with E-state index in [0.717, 1.165) is 16.6 Å². The van der Waals surface area contributed by atoms with Gasteiger partial charge in [0, 0.05) is 16.0 Å². The van der Waals surface area contributed by atoms with E-state index in [-0.39, 0.29) is 0 Å². The second kappa shape index (κ2) is 8.73. The Labute approximate surface area is 111 Å². The van der Waals surface area contributed by atoms with Crippen LogP contribution in [0.4, 0.5) is 0 Å². The summed E-state index contributed by atoms with van der Waals surface area (Å²) in [7, 11) is 0. The molecule has 4 heteroatoms. The highest BCUT2D eigenvalue weighted by Crippen LogP contribution is 2.07. The molecule has 1 aromatic rings. The van der Waals surface area contributed by atoms with Crippen LogP contribution in [0.2, 0.25) is 0 Å². The first-order valence-electron chi connectivity index (χ1n) is 5.93. The first-order valence-corrected chi connectivity index (χ1v) is 7.01. The second-order valence-corrected chi connectivity index (χ2v) is 5.05. The van der Waals surface area contributed by atoms with Crippen LogP contribution in [-0.2, 0) is 0 Å². The van der Waals surface area contributed by atoms with E-state index in [1.165, 1.54) is 32.1 Å². The van der Waals surface area contributed by atoms with Crippen molar-refractivity contribution in [2.24, 2.45) is 0 Å². The molecule has 0 saturated carbocycles. The molecule has 0 radical (unpaired) electrons. The van der Waals surface area contributed by atoms with E-state index < -0.39 is 0 Å². The fraction of sp³-hybridized carbons (Fsp3) is 0.667. The third-order valence-electron chi connectivity index (χ3n) is 2.33. The Hall–Kier alpha value is -0.390. The quantitative estimate of drug-likeness (QED) is 0.535. The van der Waals surface area contributed by atoms with Crippen LogP contribution in [0.15, 0.2) is 12.4 Å². The average Bonchev–Trinajstić information content (AvgIpc) is 2.30. The number of ether oxygens (including phenoxy) is 1. The number of unbranched alkanes of at least 4 members (excludes halogenated alkanes) is 5. The summed E-state index contributed by atoms with van der Waals surface area (Å²) in [5.41, 5.74) is 0. The van der Waals surface area contributed by atoms with Crippen LogP contribution in [0.25, 0.3) is 0 Å². The predicted molar refractivity (Wildman–Crippen MR) is 73.6 cm³/mol. The maximum Gasteiger partial charge on any atom is 0.316 e. The number of nitrogens with zero attached hydrogens (tertiary/aromatic N) is 2. The monoisotopic (exact) mass is 334 g/mol. The Morgan fingerprint density at radius 1 is 1.06 bits per heavy atom. The lowest BCUT2D eigenvalue weighted by Gasteiger charge is -2.03. The van der Waals surface area contributed by atoms with Crippen LogP contribution in [0, 0.1) is 3.57 Å². The lowest BCUT2D eigenvalue weighted by molar-refractivity contribution is 0.281. The van der Waals surface area contributed by atoms with Crippen molar-refractivity contribution in [3.05, 3.63) is 16.0 Å². The molecule has 0 N–H and O–H groups in total. The molecular weight excluding hydrogens is 315 g/mol. The predicted octanol–water partition coefficient (Wildman–Crippen LogP) is 3.82. The number of halogens is 1. The van der Waals surface area contributed by atoms with E-state index in [2.05, 4.69) is 39.5 Å². The maximum absolute atomic E-state index is 5.44. The van der Waals surface area contributed by atoms with Gasteiger partial charge in [0.05, 0.1) is 6.61 Å². The van der Waals surface area contributed by atoms with E-state index in [9.17, 15) is 0 Å². The van der Waals surface area contributed by atoms with Crippen LogP contribution in [-0.4, -0.2) is 16.6 Å². The van der Waals surface area contributed by atoms with E-state index in [0.29, 0.717) is 6.01 Å². The van der Waals surface area contributed by atoms with Crippen LogP contribution >= 0.6 is 22.6 Å². The third-order valence-corrected chi connectivity index (χ3v) is 2.88. The van der Waals surface area contributed by atoms with Gasteiger partial charge in [-0.3, -0.25) is 0 Å². The van der Waals surface area contributed by atoms with Crippen LogP contribution < -0.4 is 4.74 Å². The van der Waals surface area contributed by atoms with Crippen molar-refractivity contribution < 1.29 is 4.74 Å². The molecule has 90 valence electrons. The van der Waals surface area contributed by atoms with Gasteiger partial charge in [0.2, 0.25) is 0 Å². The van der Waals surface area contributed by atoms with E-state index in [4.69, 9.17) is 4.74 Å². The third kappa shape index (κ3) is 6.25. The van der Waals surface area contributed by atoms with Crippen LogP contribution in [0.3, 0.4) is 0 Å². The molecule has 16 heavy (non-hydrogen) atoms. The van der Waals surface area contributed by atoms with Crippen molar-refractivity contribution in [1.82, 2.24) is 9.97 Å². The molecule has 0 bridgehead atoms. The van der Waals surface area contributed by atoms with Gasteiger partial charge in [-0.2, -0.15) is 0 Å². The molecule has 1 aromatic heterocycles. The minimum absolute atomic E-state index is 0.494. The Bertz CT molecular complexity index is 277. The number of rotatable bonds is 8. The summed E-state index contributed by atoms with van der Waals surface area (Å²) < 4.78 is 6.47. The average molecular weight is 334 g/mol. The molecule has 0 aromatic carbocycles. The van der Waals surface area contributed by atoms with E-state index >= 15 is 0 Å². The van der Waals surface area contributed by atoms with Gasteiger partial charge in [-0.15, -0.1) is 0 Å². The number of hydrogen-bond acceptors (Lipinski definition) is 3. The zero-order valence-electron chi connectivity index (χ0n) is 9.79. The van der Waals surface area contributed by atoms with Gasteiger partial charge < -0.3 is 4.74 Å². The molecular formula is C12H19IN2O. The van der Waals surface area contributed by atoms with Gasteiger partial charge in [-0.05, 0) is 29.0 Å². The highest BCUT2D eigenvalue weighted by Gasteiger charge is 1.96. The van der Waals surface area contributed by atoms with Gasteiger partial charge in [0.15, 0.2) is 0 Å². The fourth-order valence-electron chi connectivity index (χ4n) is 1.42. The molecule has 0 fully saturated rings. The molecule has 0 atom stereocenters. The summed E-state index contributed by atoms with van der Waals surface area (Å²) >= 11 is 2.18. The number of hydrogen-bond donors (Lipinski definition) is 0. The summed E-state index contributed by atoms with van der Waals surface area (Å²) in [6, 6.07) is 0.494. The largest absolute Gasteiger partial charge is 0.463 e. The lowest BCUT2D eigenvalue weighted by Crippen LogP contribution is -2.01. The van der Waals surface area contributed by atoms with Gasteiger partial charge in [-0.25, -0.2) is 9.97 Å². The lowest BCUT2D eigenvalue weighted by atomic mass is 10.1. The molecule has 0 aliphatic heterocycles. The normalized spacial score (nSPS) is 10.4. The first kappa shape index (κ1) is 13.7. The Morgan fingerprint density at radius 3 is 2.38 bits per heavy atom. The first-order chi connectivity index (χ1) is 7.83. The Kier molecular flexibility index (Phi) is 7.46. The molecule has 0 aliphatic rings. The Balaban J connectivity index is 2.01. The van der Waals surface area contributed by atoms with Crippen molar-refractivity contribution in [2.75, 3.05) is 6.61 Å². The minimum Gasteiger partial charge on any atom is -0.463 e. The molecule has 0 saturated heterocycles. The Morgan fingerprint density at radius 2 is 1.69 bits per heavy atom. The smallest absolute Gasteiger partial charge is 0.316 e. The summed E-state index contributed by atoms with van der Waals surface area (Å²) in [5, 5.41) is 0. The second-order valence-electron chi connectivity index (χ2n) is 3.80. The van der Waals surface area contributed by atoms with Gasteiger partial charge in [0.25, 0.3) is 0 Å².